The molecule has 0 fully saturated rings. The Hall–Kier alpha value is -1.77. The number of anilines is 2. The molecule has 0 unspecified atom stereocenters. The topological polar surface area (TPSA) is 80.3 Å². The van der Waals surface area contributed by atoms with E-state index in [-0.39, 0.29) is 18.0 Å². The monoisotopic (exact) mass is 379 g/mol. The Morgan fingerprint density at radius 1 is 1.45 bits per heavy atom. The molecule has 0 saturated heterocycles. The van der Waals surface area contributed by atoms with Crippen LogP contribution in [0.25, 0.3) is 0 Å². The zero-order chi connectivity index (χ0) is 16.9. The van der Waals surface area contributed by atoms with Crippen molar-refractivity contribution in [3.8, 4) is 0 Å². The number of aromatic nitrogens is 1. The number of ether oxygens (including phenoxy) is 1. The lowest BCUT2D eigenvalue weighted by molar-refractivity contribution is -0.152. The average Bonchev–Trinajstić information content (AvgIpc) is 2.40. The van der Waals surface area contributed by atoms with Crippen molar-refractivity contribution in [2.45, 2.75) is 32.7 Å². The maximum Gasteiger partial charge on any atom is 0.397 e. The molecule has 1 rings (SSSR count). The number of nitrogens with one attached hydrogen (secondary N) is 2. The molecule has 1 aromatic heterocycles. The summed E-state index contributed by atoms with van der Waals surface area (Å²) < 4.78 is 31.5. The van der Waals surface area contributed by atoms with Crippen molar-refractivity contribution in [1.82, 2.24) is 4.98 Å². The van der Waals surface area contributed by atoms with Crippen molar-refractivity contribution >= 4 is 39.2 Å². The number of hydrogen-bond acceptors (Lipinski definition) is 5. The summed E-state index contributed by atoms with van der Waals surface area (Å²) in [5, 5.41) is 4.86. The molecule has 0 aliphatic carbocycles. The number of carbonyl (C=O) groups excluding carboxylic acids is 2. The van der Waals surface area contributed by atoms with Crippen molar-refractivity contribution in [3.05, 3.63) is 16.9 Å². The van der Waals surface area contributed by atoms with Crippen molar-refractivity contribution in [3.63, 3.8) is 0 Å². The summed E-state index contributed by atoms with van der Waals surface area (Å²) >= 11 is 3.11. The van der Waals surface area contributed by atoms with E-state index in [0.29, 0.717) is 4.60 Å². The van der Waals surface area contributed by atoms with Gasteiger partial charge in [-0.05, 0) is 35.8 Å². The van der Waals surface area contributed by atoms with Crippen LogP contribution in [-0.4, -0.2) is 35.4 Å². The van der Waals surface area contributed by atoms with Crippen LogP contribution < -0.4 is 10.6 Å². The number of hydrogen-bond donors (Lipinski definition) is 2. The summed E-state index contributed by atoms with van der Waals surface area (Å²) in [7, 11) is 0. The lowest BCUT2D eigenvalue weighted by Crippen LogP contribution is -2.35. The van der Waals surface area contributed by atoms with Crippen molar-refractivity contribution in [2.24, 2.45) is 0 Å². The van der Waals surface area contributed by atoms with E-state index in [0.717, 1.165) is 6.92 Å². The minimum atomic E-state index is -2.97. The molecule has 1 heterocycles. The summed E-state index contributed by atoms with van der Waals surface area (Å²) in [4.78, 5) is 26.8. The average molecular weight is 380 g/mol. The van der Waals surface area contributed by atoms with E-state index < -0.39 is 23.8 Å². The second-order valence-electron chi connectivity index (χ2n) is 4.55. The Kier molecular flexibility index (Phi) is 6.21. The number of halogens is 3. The van der Waals surface area contributed by atoms with E-state index in [1.165, 1.54) is 19.2 Å². The highest BCUT2D eigenvalue weighted by atomic mass is 79.9. The van der Waals surface area contributed by atoms with Gasteiger partial charge in [-0.3, -0.25) is 4.79 Å². The van der Waals surface area contributed by atoms with Gasteiger partial charge < -0.3 is 15.4 Å². The molecule has 6 nitrogen and oxygen atoms in total. The van der Waals surface area contributed by atoms with Crippen molar-refractivity contribution in [1.29, 1.82) is 0 Å². The van der Waals surface area contributed by atoms with Gasteiger partial charge >= 0.3 is 11.9 Å². The molecule has 0 saturated carbocycles. The molecule has 122 valence electrons. The number of alkyl halides is 2. The quantitative estimate of drug-likeness (QED) is 0.467. The fourth-order valence-corrected chi connectivity index (χ4v) is 1.71. The number of pyridine rings is 1. The number of rotatable bonds is 5. The fraction of sp³-hybridized carbons (Fsp3) is 0.462. The van der Waals surface area contributed by atoms with E-state index in [2.05, 4.69) is 36.3 Å². The normalized spacial score (nSPS) is 12.5. The van der Waals surface area contributed by atoms with E-state index >= 15 is 0 Å². The van der Waals surface area contributed by atoms with Gasteiger partial charge in [0.1, 0.15) is 4.60 Å². The molecule has 22 heavy (non-hydrogen) atoms. The standard InChI is InChI=1S/C13H16BrF2N3O3/c1-4-22-12(21)11(20)19-9-6-17-10(14)5-8(9)18-7(2)13(3,15)16/h5-7H,4H2,1-3H3,(H,17,18)(H,19,20)/t7-/m0/s1. The van der Waals surface area contributed by atoms with Gasteiger partial charge in [0.15, 0.2) is 0 Å². The zero-order valence-corrected chi connectivity index (χ0v) is 13.8. The number of esters is 1. The second-order valence-corrected chi connectivity index (χ2v) is 5.36. The maximum absolute atomic E-state index is 13.3. The Balaban J connectivity index is 2.96. The fourth-order valence-electron chi connectivity index (χ4n) is 1.38. The summed E-state index contributed by atoms with van der Waals surface area (Å²) in [6, 6.07) is 0.225. The molecule has 1 amide bonds. The van der Waals surface area contributed by atoms with Crippen LogP contribution >= 0.6 is 15.9 Å². The highest BCUT2D eigenvalue weighted by Crippen LogP contribution is 2.28. The lowest BCUT2D eigenvalue weighted by atomic mass is 10.2. The van der Waals surface area contributed by atoms with Crippen LogP contribution in [0.1, 0.15) is 20.8 Å². The smallest absolute Gasteiger partial charge is 0.397 e. The third-order valence-electron chi connectivity index (χ3n) is 2.71. The number of nitrogens with zero attached hydrogens (tertiary/aromatic N) is 1. The third kappa shape index (κ3) is 5.21. The summed E-state index contributed by atoms with van der Waals surface area (Å²) in [5.41, 5.74) is 0.297. The maximum atomic E-state index is 13.3. The van der Waals surface area contributed by atoms with Crippen molar-refractivity contribution in [2.75, 3.05) is 17.2 Å². The van der Waals surface area contributed by atoms with Crippen LogP contribution in [0.15, 0.2) is 16.9 Å². The van der Waals surface area contributed by atoms with E-state index in [1.54, 1.807) is 6.92 Å². The van der Waals surface area contributed by atoms with Gasteiger partial charge in [-0.2, -0.15) is 0 Å². The van der Waals surface area contributed by atoms with Gasteiger partial charge in [-0.25, -0.2) is 18.6 Å². The summed E-state index contributed by atoms with van der Waals surface area (Å²) in [6.45, 7) is 3.68. The van der Waals surface area contributed by atoms with Gasteiger partial charge in [-0.15, -0.1) is 0 Å². The predicted molar refractivity (Wildman–Crippen MR) is 80.9 cm³/mol. The van der Waals surface area contributed by atoms with Gasteiger partial charge in [0.05, 0.1) is 30.2 Å². The molecule has 2 N–H and O–H groups in total. The first-order valence-electron chi connectivity index (χ1n) is 6.43. The van der Waals surface area contributed by atoms with Gasteiger partial charge in [0, 0.05) is 6.92 Å². The van der Waals surface area contributed by atoms with Crippen LogP contribution in [0.4, 0.5) is 20.2 Å². The molecule has 1 atom stereocenters. The van der Waals surface area contributed by atoms with E-state index in [1.807, 2.05) is 0 Å². The Morgan fingerprint density at radius 2 is 2.09 bits per heavy atom. The summed E-state index contributed by atoms with van der Waals surface area (Å²) in [6.07, 6.45) is 1.24. The van der Waals surface area contributed by atoms with E-state index in [4.69, 9.17) is 0 Å². The highest BCUT2D eigenvalue weighted by Gasteiger charge is 2.30. The molecule has 9 heteroatoms. The predicted octanol–water partition coefficient (Wildman–Crippen LogP) is 2.80. The molecule has 0 aliphatic rings. The highest BCUT2D eigenvalue weighted by molar-refractivity contribution is 9.10. The first kappa shape index (κ1) is 18.3. The first-order chi connectivity index (χ1) is 10.1. The van der Waals surface area contributed by atoms with Crippen LogP contribution in [-0.2, 0) is 14.3 Å². The van der Waals surface area contributed by atoms with Crippen LogP contribution in [0, 0.1) is 0 Å². The molecule has 1 aromatic rings. The van der Waals surface area contributed by atoms with E-state index in [9.17, 15) is 18.4 Å². The van der Waals surface area contributed by atoms with Gasteiger partial charge in [0.25, 0.3) is 5.92 Å². The molecular weight excluding hydrogens is 364 g/mol. The Bertz CT molecular complexity index is 564. The van der Waals surface area contributed by atoms with Crippen LogP contribution in [0.3, 0.4) is 0 Å². The summed E-state index contributed by atoms with van der Waals surface area (Å²) in [5.74, 6) is -5.05. The van der Waals surface area contributed by atoms with Crippen LogP contribution in [0.2, 0.25) is 0 Å². The lowest BCUT2D eigenvalue weighted by Gasteiger charge is -2.23. The SMILES string of the molecule is CCOC(=O)C(=O)Nc1cnc(Br)cc1N[C@@H](C)C(C)(F)F. The third-order valence-corrected chi connectivity index (χ3v) is 3.15. The molecule has 0 aliphatic heterocycles. The Morgan fingerprint density at radius 3 is 2.64 bits per heavy atom. The number of amides is 1. The Labute approximate surface area is 134 Å². The van der Waals surface area contributed by atoms with Gasteiger partial charge in [0.2, 0.25) is 0 Å². The molecule has 0 aromatic carbocycles. The molecule has 0 radical (unpaired) electrons. The second kappa shape index (κ2) is 7.48. The molecule has 0 spiro atoms. The minimum Gasteiger partial charge on any atom is -0.459 e. The molecular formula is C13H16BrF2N3O3. The van der Waals surface area contributed by atoms with Crippen LogP contribution in [0.5, 0.6) is 0 Å². The van der Waals surface area contributed by atoms with Gasteiger partial charge in [-0.1, -0.05) is 0 Å². The minimum absolute atomic E-state index is 0.0506. The van der Waals surface area contributed by atoms with Crippen molar-refractivity contribution < 1.29 is 23.1 Å². The number of carbonyl (C=O) groups is 2. The largest absolute Gasteiger partial charge is 0.459 e. The first-order valence-corrected chi connectivity index (χ1v) is 7.22. The zero-order valence-electron chi connectivity index (χ0n) is 12.2. The molecule has 0 bridgehead atoms.